The van der Waals surface area contributed by atoms with Gasteiger partial charge in [-0.05, 0) is 173 Å². The molecule has 0 atom stereocenters. The number of benzene rings is 5. The molecule has 0 aromatic heterocycles. The first-order valence-electron chi connectivity index (χ1n) is 36.9. The van der Waals surface area contributed by atoms with E-state index in [0.29, 0.717) is 44.3 Å². The second kappa shape index (κ2) is 38.6. The monoisotopic (exact) mass is 1250 g/mol. The lowest BCUT2D eigenvalue weighted by molar-refractivity contribution is 0.180. The van der Waals surface area contributed by atoms with Gasteiger partial charge in [-0.1, -0.05) is 402 Å². The van der Waals surface area contributed by atoms with E-state index in [-0.39, 0.29) is 22.1 Å². The van der Waals surface area contributed by atoms with Gasteiger partial charge in [0.05, 0.1) is 0 Å². The zero-order valence-corrected chi connectivity index (χ0v) is 67.3. The Morgan fingerprint density at radius 1 is 0.341 bits per heavy atom. The summed E-state index contributed by atoms with van der Waals surface area (Å²) in [5.41, 5.74) is 16.0. The smallest absolute Gasteiger partial charge is 0.0302 e. The molecule has 0 heteroatoms. The molecule has 0 N–H and O–H groups in total. The van der Waals surface area contributed by atoms with E-state index in [1.807, 2.05) is 13.8 Å². The van der Waals surface area contributed by atoms with Gasteiger partial charge in [-0.2, -0.15) is 0 Å². The van der Waals surface area contributed by atoms with E-state index >= 15 is 0 Å². The SMILES string of the molecule is CC(C)(C)C1CCCC1.CC(C)(C)C1CCCCC1.CC(C)(C)CC(C)(C)C.CC(C)(C)c1c(-c2ccccc2)cccc1-c1ccccc1.CC(C)(C)c1ccccc1.CC(C)CC(C)(C)C.CC(C)c1cccc(C(C)C)c1C(C)(C)C.[2H]C(C)(C)C(C)(C)C. The van der Waals surface area contributed by atoms with Gasteiger partial charge in [0.25, 0.3) is 0 Å². The number of hydrogen-bond acceptors (Lipinski definition) is 0. The van der Waals surface area contributed by atoms with Gasteiger partial charge in [-0.15, -0.1) is 0 Å². The van der Waals surface area contributed by atoms with Crippen LogP contribution >= 0.6 is 0 Å². The normalized spacial score (nSPS) is 14.8. The minimum absolute atomic E-state index is 0.0810. The van der Waals surface area contributed by atoms with Crippen LogP contribution in [0.2, 0.25) is 0 Å². The summed E-state index contributed by atoms with van der Waals surface area (Å²) in [6, 6.07) is 45.3. The summed E-state index contributed by atoms with van der Waals surface area (Å²) in [6.07, 6.45) is 15.9. The average Bonchev–Trinajstić information content (AvgIpc) is 0.878. The summed E-state index contributed by atoms with van der Waals surface area (Å²) in [7, 11) is 0. The first kappa shape index (κ1) is 85.1. The third-order valence-corrected chi connectivity index (χ3v) is 17.7. The second-order valence-corrected chi connectivity index (χ2v) is 38.5. The third kappa shape index (κ3) is 38.3. The molecule has 0 aliphatic heterocycles. The van der Waals surface area contributed by atoms with Crippen molar-refractivity contribution in [1.82, 2.24) is 0 Å². The van der Waals surface area contributed by atoms with Crippen molar-refractivity contribution >= 4 is 0 Å². The molecule has 0 radical (unpaired) electrons. The maximum atomic E-state index is 7.58. The van der Waals surface area contributed by atoms with Crippen molar-refractivity contribution in [2.45, 2.75) is 341 Å². The maximum absolute atomic E-state index is 7.58. The van der Waals surface area contributed by atoms with Gasteiger partial charge in [-0.25, -0.2) is 0 Å². The Hall–Kier alpha value is -3.90. The molecule has 0 spiro atoms. The molecular weight excluding hydrogens is 1090 g/mol. The predicted octanol–water partition coefficient (Wildman–Crippen LogP) is 30.6. The fourth-order valence-corrected chi connectivity index (χ4v) is 13.0. The molecule has 518 valence electrons. The summed E-state index contributed by atoms with van der Waals surface area (Å²) < 4.78 is 7.58. The topological polar surface area (TPSA) is 0 Å². The summed E-state index contributed by atoms with van der Waals surface area (Å²) in [6.45, 7) is 79.1. The van der Waals surface area contributed by atoms with Crippen molar-refractivity contribution in [3.05, 3.63) is 155 Å². The molecule has 5 aromatic rings. The molecule has 0 unspecified atom stereocenters. The largest absolute Gasteiger partial charge is 0.0628 e. The highest BCUT2D eigenvalue weighted by atomic mass is 14.3. The molecule has 5 aromatic carbocycles. The molecule has 2 aliphatic carbocycles. The van der Waals surface area contributed by atoms with Crippen molar-refractivity contribution in [1.29, 1.82) is 0 Å². The Labute approximate surface area is 572 Å². The Morgan fingerprint density at radius 2 is 0.637 bits per heavy atom. The Balaban J connectivity index is 0.00000106. The fourth-order valence-electron chi connectivity index (χ4n) is 13.0. The molecule has 0 saturated heterocycles. The minimum atomic E-state index is -0.312. The van der Waals surface area contributed by atoms with E-state index in [1.54, 1.807) is 5.56 Å². The molecule has 91 heavy (non-hydrogen) atoms. The molecule has 2 fully saturated rings. The molecule has 0 nitrogen and oxygen atoms in total. The highest BCUT2D eigenvalue weighted by molar-refractivity contribution is 5.80. The van der Waals surface area contributed by atoms with Crippen LogP contribution in [0.3, 0.4) is 0 Å². The standard InChI is InChI=1S/C22H22.C16H26.C10H20.C10H14.C9H18.C9H20.C8H18.C7H16/c1-22(2,3)21-19(17-11-6-4-7-12-17)15-10-16-20(21)18-13-8-5-9-14-18;1-11(2)13-9-8-10-14(12(3)4)15(13)16(5,6)7;2*1-10(2,3)9-7-5-4-6-8-9;1-9(2,3)8-6-4-5-7-8;1-8(2,3)7-9(4,5)6;1-7(2)6-8(3,4)5;1-6(2)7(3,4)5/h4-16H,1-3H3;8-12H,1-7H3;9H,4-8H2,1-3H3;4-8H,1-3H3;8H,4-7H2,1-3H3;7H2,1-6H3;7H,6H2,1-5H3;6H,1-5H3/i;;;;;;;6D. The van der Waals surface area contributed by atoms with Crippen molar-refractivity contribution in [3.63, 3.8) is 0 Å². The van der Waals surface area contributed by atoms with Crippen LogP contribution in [0.25, 0.3) is 22.3 Å². The maximum Gasteiger partial charge on any atom is 0.0302 e. The van der Waals surface area contributed by atoms with Gasteiger partial charge in [0.15, 0.2) is 0 Å². The van der Waals surface area contributed by atoms with Gasteiger partial charge in [0, 0.05) is 1.37 Å². The first-order chi connectivity index (χ1) is 41.5. The Morgan fingerprint density at radius 3 is 0.835 bits per heavy atom. The third-order valence-electron chi connectivity index (χ3n) is 17.7. The zero-order valence-electron chi connectivity index (χ0n) is 68.3. The van der Waals surface area contributed by atoms with E-state index < -0.39 is 0 Å². The Kier molecular flexibility index (Phi) is 36.1. The number of hydrogen-bond donors (Lipinski definition) is 0. The molecule has 7 rings (SSSR count). The van der Waals surface area contributed by atoms with Crippen LogP contribution in [-0.2, 0) is 16.2 Å². The summed E-state index contributed by atoms with van der Waals surface area (Å²) >= 11 is 0. The lowest BCUT2D eigenvalue weighted by Crippen LogP contribution is -2.22. The van der Waals surface area contributed by atoms with Gasteiger partial charge >= 0.3 is 0 Å². The van der Waals surface area contributed by atoms with Gasteiger partial charge < -0.3 is 0 Å². The molecule has 0 bridgehead atoms. The van der Waals surface area contributed by atoms with Crippen molar-refractivity contribution in [2.24, 2.45) is 56.1 Å². The van der Waals surface area contributed by atoms with Gasteiger partial charge in [0.1, 0.15) is 0 Å². The molecular formula is C91H154. The molecule has 0 heterocycles. The van der Waals surface area contributed by atoms with E-state index in [2.05, 4.69) is 356 Å². The molecule has 0 amide bonds. The summed E-state index contributed by atoms with van der Waals surface area (Å²) in [5.74, 6) is 3.75. The predicted molar refractivity (Wildman–Crippen MR) is 419 cm³/mol. The average molecular weight is 1250 g/mol. The Bertz CT molecular complexity index is 2570. The van der Waals surface area contributed by atoms with Crippen LogP contribution in [0.15, 0.2) is 127 Å². The highest BCUT2D eigenvalue weighted by Crippen LogP contribution is 2.42. The zero-order chi connectivity index (χ0) is 71.7. The highest BCUT2D eigenvalue weighted by Gasteiger charge is 2.29. The molecule has 2 saturated carbocycles. The van der Waals surface area contributed by atoms with Crippen LogP contribution in [0.1, 0.15) is 354 Å². The molecule has 2 aliphatic rings. The second-order valence-electron chi connectivity index (χ2n) is 38.5. The van der Waals surface area contributed by atoms with E-state index in [4.69, 9.17) is 1.37 Å². The van der Waals surface area contributed by atoms with Gasteiger partial charge in [0.2, 0.25) is 0 Å². The van der Waals surface area contributed by atoms with E-state index in [1.165, 1.54) is 115 Å². The van der Waals surface area contributed by atoms with Crippen molar-refractivity contribution in [2.75, 3.05) is 0 Å². The first-order valence-corrected chi connectivity index (χ1v) is 36.4. The van der Waals surface area contributed by atoms with Crippen LogP contribution in [0.4, 0.5) is 0 Å². The van der Waals surface area contributed by atoms with Crippen LogP contribution in [-0.4, -0.2) is 0 Å². The summed E-state index contributed by atoms with van der Waals surface area (Å²) in [4.78, 5) is 0. The quantitative estimate of drug-likeness (QED) is 0.165. The van der Waals surface area contributed by atoms with E-state index in [9.17, 15) is 0 Å². The van der Waals surface area contributed by atoms with Crippen LogP contribution in [0.5, 0.6) is 0 Å². The van der Waals surface area contributed by atoms with Crippen molar-refractivity contribution < 1.29 is 1.37 Å². The minimum Gasteiger partial charge on any atom is -0.0628 e. The van der Waals surface area contributed by atoms with Gasteiger partial charge in [-0.3, -0.25) is 0 Å². The van der Waals surface area contributed by atoms with E-state index in [0.717, 1.165) is 17.8 Å². The van der Waals surface area contributed by atoms with Crippen LogP contribution in [0, 0.1) is 56.1 Å². The van der Waals surface area contributed by atoms with Crippen LogP contribution < -0.4 is 0 Å². The fraction of sp³-hybridized carbons (Fsp3) is 0.670. The number of rotatable bonds is 5. The van der Waals surface area contributed by atoms with Crippen molar-refractivity contribution in [3.8, 4) is 22.3 Å². The summed E-state index contributed by atoms with van der Waals surface area (Å²) in [5, 5.41) is 0. The lowest BCUT2D eigenvalue weighted by atomic mass is 9.72. The lowest BCUT2D eigenvalue weighted by Gasteiger charge is -2.33.